The predicted octanol–water partition coefficient (Wildman–Crippen LogP) is 0.387. The quantitative estimate of drug-likeness (QED) is 0.542. The van der Waals surface area contributed by atoms with E-state index in [1.807, 2.05) is 30.3 Å². The molecule has 0 unspecified atom stereocenters. The van der Waals surface area contributed by atoms with Crippen LogP contribution in [0.4, 0.5) is 0 Å². The van der Waals surface area contributed by atoms with E-state index in [-0.39, 0.29) is 13.2 Å². The molecule has 0 aliphatic carbocycles. The van der Waals surface area contributed by atoms with Crippen LogP contribution in [-0.4, -0.2) is 18.9 Å². The lowest BCUT2D eigenvalue weighted by atomic mass is 10.2. The van der Waals surface area contributed by atoms with Crippen molar-refractivity contribution in [2.45, 2.75) is 6.61 Å². The molecule has 1 aromatic rings. The number of amides is 1. The SMILES string of the molecule is O=[C]NCC(=O)OCc1ccccc1. The largest absolute Gasteiger partial charge is 0.460 e. The average Bonchev–Trinajstić information content (AvgIpc) is 2.25. The van der Waals surface area contributed by atoms with E-state index < -0.39 is 5.97 Å². The Labute approximate surface area is 81.9 Å². The molecule has 73 valence electrons. The van der Waals surface area contributed by atoms with E-state index in [9.17, 15) is 9.59 Å². The zero-order chi connectivity index (χ0) is 10.2. The highest BCUT2D eigenvalue weighted by Crippen LogP contribution is 1.99. The first-order valence-corrected chi connectivity index (χ1v) is 4.12. The molecule has 0 saturated heterocycles. The summed E-state index contributed by atoms with van der Waals surface area (Å²) in [4.78, 5) is 20.7. The summed E-state index contributed by atoms with van der Waals surface area (Å²) in [5.74, 6) is -0.475. The lowest BCUT2D eigenvalue weighted by Crippen LogP contribution is -2.23. The van der Waals surface area contributed by atoms with Crippen LogP contribution in [0.2, 0.25) is 0 Å². The molecule has 1 N–H and O–H groups in total. The first-order chi connectivity index (χ1) is 6.83. The number of hydrogen-bond acceptors (Lipinski definition) is 3. The van der Waals surface area contributed by atoms with Gasteiger partial charge in [-0.25, -0.2) is 0 Å². The van der Waals surface area contributed by atoms with Gasteiger partial charge in [0.05, 0.1) is 0 Å². The molecule has 0 spiro atoms. The average molecular weight is 192 g/mol. The number of rotatable bonds is 5. The van der Waals surface area contributed by atoms with Gasteiger partial charge < -0.3 is 10.1 Å². The van der Waals surface area contributed by atoms with E-state index in [2.05, 4.69) is 5.32 Å². The van der Waals surface area contributed by atoms with Crippen molar-refractivity contribution in [3.8, 4) is 0 Å². The Morgan fingerprint density at radius 2 is 2.07 bits per heavy atom. The van der Waals surface area contributed by atoms with E-state index >= 15 is 0 Å². The van der Waals surface area contributed by atoms with Crippen LogP contribution in [0.1, 0.15) is 5.56 Å². The second-order valence-electron chi connectivity index (χ2n) is 2.60. The molecule has 14 heavy (non-hydrogen) atoms. The van der Waals surface area contributed by atoms with E-state index in [1.165, 1.54) is 6.41 Å². The maximum Gasteiger partial charge on any atom is 0.325 e. The third-order valence-electron chi connectivity index (χ3n) is 1.55. The van der Waals surface area contributed by atoms with Crippen molar-refractivity contribution in [2.24, 2.45) is 0 Å². The Kier molecular flexibility index (Phi) is 4.20. The number of benzene rings is 1. The maximum atomic E-state index is 10.9. The van der Waals surface area contributed by atoms with Crippen LogP contribution in [0.3, 0.4) is 0 Å². The molecule has 0 bridgehead atoms. The van der Waals surface area contributed by atoms with Gasteiger partial charge in [-0.15, -0.1) is 0 Å². The van der Waals surface area contributed by atoms with Crippen LogP contribution in [-0.2, 0) is 20.9 Å². The third-order valence-corrected chi connectivity index (χ3v) is 1.55. The van der Waals surface area contributed by atoms with Gasteiger partial charge in [0.2, 0.25) is 0 Å². The van der Waals surface area contributed by atoms with Gasteiger partial charge in [-0.3, -0.25) is 9.59 Å². The minimum atomic E-state index is -0.475. The Morgan fingerprint density at radius 3 is 2.71 bits per heavy atom. The molecular formula is C10H10NO3. The van der Waals surface area contributed by atoms with E-state index in [0.29, 0.717) is 0 Å². The minimum Gasteiger partial charge on any atom is -0.460 e. The fourth-order valence-corrected chi connectivity index (χ4v) is 0.897. The Bertz CT molecular complexity index is 297. The summed E-state index contributed by atoms with van der Waals surface area (Å²) in [5, 5.41) is 2.10. The summed E-state index contributed by atoms with van der Waals surface area (Å²) in [5.41, 5.74) is 0.913. The summed E-state index contributed by atoms with van der Waals surface area (Å²) in [6.45, 7) is 0.0799. The predicted molar refractivity (Wildman–Crippen MR) is 49.9 cm³/mol. The van der Waals surface area contributed by atoms with Gasteiger partial charge in [0.25, 0.3) is 0 Å². The number of ether oxygens (including phenoxy) is 1. The van der Waals surface area contributed by atoms with Crippen LogP contribution in [0.25, 0.3) is 0 Å². The zero-order valence-corrected chi connectivity index (χ0v) is 7.53. The first-order valence-electron chi connectivity index (χ1n) is 4.12. The molecule has 1 radical (unpaired) electrons. The van der Waals surface area contributed by atoms with Crippen molar-refractivity contribution in [3.63, 3.8) is 0 Å². The second kappa shape index (κ2) is 5.75. The van der Waals surface area contributed by atoms with Gasteiger partial charge in [0.15, 0.2) is 0 Å². The fourth-order valence-electron chi connectivity index (χ4n) is 0.897. The molecule has 1 aromatic carbocycles. The zero-order valence-electron chi connectivity index (χ0n) is 7.53. The lowest BCUT2D eigenvalue weighted by Gasteiger charge is -2.03. The highest BCUT2D eigenvalue weighted by atomic mass is 16.5. The van der Waals surface area contributed by atoms with E-state index in [0.717, 1.165) is 5.56 Å². The van der Waals surface area contributed by atoms with Crippen LogP contribution in [0, 0.1) is 0 Å². The van der Waals surface area contributed by atoms with Crippen molar-refractivity contribution >= 4 is 12.4 Å². The van der Waals surface area contributed by atoms with Gasteiger partial charge in [-0.1, -0.05) is 30.3 Å². The molecule has 1 rings (SSSR count). The summed E-state index contributed by atoms with van der Waals surface area (Å²) in [7, 11) is 0. The molecule has 0 aliphatic heterocycles. The molecule has 0 aliphatic rings. The Morgan fingerprint density at radius 1 is 1.36 bits per heavy atom. The number of hydrogen-bond donors (Lipinski definition) is 1. The normalized spacial score (nSPS) is 9.14. The van der Waals surface area contributed by atoms with Crippen LogP contribution >= 0.6 is 0 Å². The standard InChI is InChI=1S/C10H10NO3/c12-8-11-6-10(13)14-7-9-4-2-1-3-5-9/h1-5H,6-7H2,(H,11,12). The topological polar surface area (TPSA) is 55.4 Å². The number of esters is 1. The molecule has 0 fully saturated rings. The number of carbonyl (C=O) groups excluding carboxylic acids is 2. The number of carbonyl (C=O) groups is 1. The molecule has 0 aromatic heterocycles. The van der Waals surface area contributed by atoms with Crippen LogP contribution < -0.4 is 5.32 Å². The summed E-state index contributed by atoms with van der Waals surface area (Å²) >= 11 is 0. The second-order valence-corrected chi connectivity index (χ2v) is 2.60. The summed E-state index contributed by atoms with van der Waals surface area (Å²) in [6.07, 6.45) is 1.40. The molecule has 0 heterocycles. The third kappa shape index (κ3) is 3.71. The summed E-state index contributed by atoms with van der Waals surface area (Å²) < 4.78 is 4.85. The van der Waals surface area contributed by atoms with Gasteiger partial charge in [-0.2, -0.15) is 0 Å². The fraction of sp³-hybridized carbons (Fsp3) is 0.200. The highest BCUT2D eigenvalue weighted by Gasteiger charge is 2.01. The molecule has 0 atom stereocenters. The minimum absolute atomic E-state index is 0.143. The van der Waals surface area contributed by atoms with Gasteiger partial charge >= 0.3 is 12.4 Å². The molecule has 1 amide bonds. The van der Waals surface area contributed by atoms with Crippen molar-refractivity contribution in [1.82, 2.24) is 5.32 Å². The maximum absolute atomic E-state index is 10.9. The smallest absolute Gasteiger partial charge is 0.325 e. The highest BCUT2D eigenvalue weighted by molar-refractivity contribution is 5.74. The lowest BCUT2D eigenvalue weighted by molar-refractivity contribution is -0.143. The van der Waals surface area contributed by atoms with Crippen molar-refractivity contribution in [3.05, 3.63) is 35.9 Å². The molecular weight excluding hydrogens is 182 g/mol. The van der Waals surface area contributed by atoms with Gasteiger partial charge in [0, 0.05) is 0 Å². The van der Waals surface area contributed by atoms with E-state index in [4.69, 9.17) is 4.74 Å². The Balaban J connectivity index is 2.27. The van der Waals surface area contributed by atoms with Crippen molar-refractivity contribution in [2.75, 3.05) is 6.54 Å². The van der Waals surface area contributed by atoms with Crippen LogP contribution in [0.15, 0.2) is 30.3 Å². The Hall–Kier alpha value is -1.84. The number of nitrogens with one attached hydrogen (secondary N) is 1. The van der Waals surface area contributed by atoms with Gasteiger partial charge in [0.1, 0.15) is 13.2 Å². The molecule has 4 heteroatoms. The van der Waals surface area contributed by atoms with Crippen LogP contribution in [0.5, 0.6) is 0 Å². The molecule has 0 saturated carbocycles. The van der Waals surface area contributed by atoms with Crippen molar-refractivity contribution < 1.29 is 14.3 Å². The summed E-state index contributed by atoms with van der Waals surface area (Å²) in [6, 6.07) is 9.31. The molecule has 4 nitrogen and oxygen atoms in total. The monoisotopic (exact) mass is 192 g/mol. The first kappa shape index (κ1) is 10.2. The van der Waals surface area contributed by atoms with Gasteiger partial charge in [-0.05, 0) is 5.56 Å². The van der Waals surface area contributed by atoms with E-state index in [1.54, 1.807) is 0 Å². The van der Waals surface area contributed by atoms with Crippen molar-refractivity contribution in [1.29, 1.82) is 0 Å².